The third-order valence-electron chi connectivity index (χ3n) is 3.00. The Morgan fingerprint density at radius 3 is 2.89 bits per heavy atom. The maximum atomic E-state index is 8.77. The Morgan fingerprint density at radius 2 is 2.16 bits per heavy atom. The van der Waals surface area contributed by atoms with E-state index < -0.39 is 0 Å². The Labute approximate surface area is 112 Å². The van der Waals surface area contributed by atoms with Gasteiger partial charge in [-0.25, -0.2) is 4.98 Å². The Balaban J connectivity index is 2.15. The van der Waals surface area contributed by atoms with Crippen molar-refractivity contribution in [3.8, 4) is 0 Å². The van der Waals surface area contributed by atoms with Crippen LogP contribution in [0.2, 0.25) is 0 Å². The minimum atomic E-state index is 0.256. The van der Waals surface area contributed by atoms with E-state index in [0.29, 0.717) is 11.6 Å². The zero-order chi connectivity index (χ0) is 13.7. The van der Waals surface area contributed by atoms with Crippen LogP contribution in [0.4, 0.5) is 11.8 Å². The number of nitrogens with one attached hydrogen (secondary N) is 2. The summed E-state index contributed by atoms with van der Waals surface area (Å²) in [6.45, 7) is 1.14. The average molecular weight is 264 g/mol. The lowest BCUT2D eigenvalue weighted by molar-refractivity contribution is 0.283. The first-order chi connectivity index (χ1) is 9.26. The van der Waals surface area contributed by atoms with E-state index in [1.54, 1.807) is 13.4 Å². The topological polar surface area (TPSA) is 90.0 Å². The lowest BCUT2D eigenvalue weighted by atomic mass is 10.2. The number of imidazole rings is 1. The summed E-state index contributed by atoms with van der Waals surface area (Å²) >= 11 is 0. The summed E-state index contributed by atoms with van der Waals surface area (Å²) in [5.74, 6) is 1.41. The van der Waals surface area contributed by atoms with Gasteiger partial charge in [0.2, 0.25) is 5.95 Å². The maximum absolute atomic E-state index is 8.77. The van der Waals surface area contributed by atoms with Gasteiger partial charge in [-0.2, -0.15) is 9.97 Å². The molecule has 0 saturated heterocycles. The molecule has 0 fully saturated rings. The number of aliphatic hydroxyl groups excluding tert-OH is 1. The molecule has 7 nitrogen and oxygen atoms in total. The predicted molar refractivity (Wildman–Crippen MR) is 75.4 cm³/mol. The third-order valence-corrected chi connectivity index (χ3v) is 3.00. The number of aromatic amines is 1. The first-order valence-electron chi connectivity index (χ1n) is 6.47. The average Bonchev–Trinajstić information content (AvgIpc) is 2.90. The molecule has 0 saturated carbocycles. The van der Waals surface area contributed by atoms with Crippen LogP contribution in [-0.4, -0.2) is 52.3 Å². The van der Waals surface area contributed by atoms with Gasteiger partial charge in [-0.15, -0.1) is 0 Å². The maximum Gasteiger partial charge on any atom is 0.226 e. The van der Waals surface area contributed by atoms with E-state index in [-0.39, 0.29) is 6.61 Å². The molecule has 0 spiro atoms. The lowest BCUT2D eigenvalue weighted by Gasteiger charge is -2.18. The molecule has 7 heteroatoms. The van der Waals surface area contributed by atoms with Crippen LogP contribution in [0.15, 0.2) is 6.33 Å². The monoisotopic (exact) mass is 264 g/mol. The molecule has 0 unspecified atom stereocenters. The molecule has 19 heavy (non-hydrogen) atoms. The van der Waals surface area contributed by atoms with Gasteiger partial charge in [-0.05, 0) is 19.3 Å². The molecule has 0 aliphatic rings. The molecule has 3 N–H and O–H groups in total. The molecule has 0 bridgehead atoms. The summed E-state index contributed by atoms with van der Waals surface area (Å²) in [7, 11) is 3.79. The van der Waals surface area contributed by atoms with Gasteiger partial charge in [-0.1, -0.05) is 0 Å². The van der Waals surface area contributed by atoms with E-state index in [9.17, 15) is 0 Å². The van der Waals surface area contributed by atoms with Crippen molar-refractivity contribution in [3.63, 3.8) is 0 Å². The fourth-order valence-electron chi connectivity index (χ4n) is 1.95. The van der Waals surface area contributed by atoms with Crippen LogP contribution in [-0.2, 0) is 0 Å². The first kappa shape index (κ1) is 13.5. The Bertz CT molecular complexity index is 526. The summed E-state index contributed by atoms with van der Waals surface area (Å²) in [5.41, 5.74) is 1.51. The second-order valence-corrected chi connectivity index (χ2v) is 4.43. The zero-order valence-corrected chi connectivity index (χ0v) is 11.3. The van der Waals surface area contributed by atoms with E-state index in [4.69, 9.17) is 5.11 Å². The van der Waals surface area contributed by atoms with E-state index in [1.807, 2.05) is 7.05 Å². The minimum absolute atomic E-state index is 0.256. The molecule has 0 aliphatic carbocycles. The van der Waals surface area contributed by atoms with Gasteiger partial charge >= 0.3 is 0 Å². The number of aromatic nitrogens is 4. The van der Waals surface area contributed by atoms with Gasteiger partial charge in [0.1, 0.15) is 5.52 Å². The summed E-state index contributed by atoms with van der Waals surface area (Å²) in [6.07, 6.45) is 4.50. The molecule has 2 heterocycles. The lowest BCUT2D eigenvalue weighted by Crippen LogP contribution is -2.21. The van der Waals surface area contributed by atoms with Crippen molar-refractivity contribution in [1.29, 1.82) is 0 Å². The normalized spacial score (nSPS) is 10.9. The van der Waals surface area contributed by atoms with Crippen LogP contribution >= 0.6 is 0 Å². The molecule has 0 atom stereocenters. The van der Waals surface area contributed by atoms with Crippen molar-refractivity contribution < 1.29 is 5.11 Å². The number of unbranched alkanes of at least 4 members (excludes halogenated alkanes) is 2. The van der Waals surface area contributed by atoms with Crippen molar-refractivity contribution in [1.82, 2.24) is 19.9 Å². The van der Waals surface area contributed by atoms with Crippen molar-refractivity contribution in [2.45, 2.75) is 19.3 Å². The SMILES string of the molecule is CNc1nc(N(C)CCCCCO)c2[nH]cnc2n1. The first-order valence-corrected chi connectivity index (χ1v) is 6.47. The fourth-order valence-corrected chi connectivity index (χ4v) is 1.95. The Hall–Kier alpha value is -1.89. The standard InChI is InChI=1S/C12H20N6O/c1-13-12-16-10-9(14-8-15-10)11(17-12)18(2)6-4-3-5-7-19/h8,19H,3-7H2,1-2H3,(H2,13,14,15,16,17). The number of fused-ring (bicyclic) bond motifs is 1. The van der Waals surface area contributed by atoms with Gasteiger partial charge in [-0.3, -0.25) is 0 Å². The number of H-pyrrole nitrogens is 1. The quantitative estimate of drug-likeness (QED) is 0.646. The van der Waals surface area contributed by atoms with Gasteiger partial charge in [0.05, 0.1) is 6.33 Å². The highest BCUT2D eigenvalue weighted by atomic mass is 16.2. The second kappa shape index (κ2) is 6.33. The van der Waals surface area contributed by atoms with Crippen LogP contribution in [0.25, 0.3) is 11.2 Å². The molecule has 2 aromatic rings. The van der Waals surface area contributed by atoms with E-state index in [2.05, 4.69) is 30.2 Å². The smallest absolute Gasteiger partial charge is 0.226 e. The number of hydrogen-bond donors (Lipinski definition) is 3. The van der Waals surface area contributed by atoms with Crippen molar-refractivity contribution in [2.75, 3.05) is 37.5 Å². The largest absolute Gasteiger partial charge is 0.396 e. The van der Waals surface area contributed by atoms with Gasteiger partial charge in [0, 0.05) is 27.2 Å². The summed E-state index contributed by atoms with van der Waals surface area (Å²) < 4.78 is 0. The fraction of sp³-hybridized carbons (Fsp3) is 0.583. The number of anilines is 2. The third kappa shape index (κ3) is 3.11. The van der Waals surface area contributed by atoms with Crippen molar-refractivity contribution >= 4 is 22.9 Å². The summed E-state index contributed by atoms with van der Waals surface area (Å²) in [5, 5.41) is 11.7. The molecule has 2 aromatic heterocycles. The van der Waals surface area contributed by atoms with Crippen LogP contribution < -0.4 is 10.2 Å². The Kier molecular flexibility index (Phi) is 4.51. The van der Waals surface area contributed by atoms with Crippen molar-refractivity contribution in [2.24, 2.45) is 0 Å². The number of rotatable bonds is 7. The van der Waals surface area contributed by atoms with E-state index >= 15 is 0 Å². The van der Waals surface area contributed by atoms with Gasteiger partial charge in [0.25, 0.3) is 0 Å². The highest BCUT2D eigenvalue weighted by molar-refractivity contribution is 5.84. The number of nitrogens with zero attached hydrogens (tertiary/aromatic N) is 4. The molecule has 104 valence electrons. The molecule has 0 radical (unpaired) electrons. The highest BCUT2D eigenvalue weighted by Gasteiger charge is 2.12. The molecule has 0 amide bonds. The minimum Gasteiger partial charge on any atom is -0.396 e. The van der Waals surface area contributed by atoms with E-state index in [1.165, 1.54) is 0 Å². The molecule has 0 aromatic carbocycles. The predicted octanol–water partition coefficient (Wildman–Crippen LogP) is 0.993. The molecule has 2 rings (SSSR count). The van der Waals surface area contributed by atoms with E-state index in [0.717, 1.165) is 37.1 Å². The molecule has 0 aliphatic heterocycles. The highest BCUT2D eigenvalue weighted by Crippen LogP contribution is 2.21. The molecular weight excluding hydrogens is 244 g/mol. The molecular formula is C12H20N6O. The van der Waals surface area contributed by atoms with Crippen molar-refractivity contribution in [3.05, 3.63) is 6.33 Å². The van der Waals surface area contributed by atoms with Crippen LogP contribution in [0, 0.1) is 0 Å². The van der Waals surface area contributed by atoms with Gasteiger partial charge < -0.3 is 20.3 Å². The number of hydrogen-bond acceptors (Lipinski definition) is 6. The van der Waals surface area contributed by atoms with Crippen LogP contribution in [0.5, 0.6) is 0 Å². The van der Waals surface area contributed by atoms with Gasteiger partial charge in [0.15, 0.2) is 11.5 Å². The second-order valence-electron chi connectivity index (χ2n) is 4.43. The number of aliphatic hydroxyl groups is 1. The zero-order valence-electron chi connectivity index (χ0n) is 11.3. The Morgan fingerprint density at radius 1 is 1.32 bits per heavy atom. The van der Waals surface area contributed by atoms with Crippen LogP contribution in [0.1, 0.15) is 19.3 Å². The summed E-state index contributed by atoms with van der Waals surface area (Å²) in [4.78, 5) is 18.1. The summed E-state index contributed by atoms with van der Waals surface area (Å²) in [6, 6.07) is 0. The van der Waals surface area contributed by atoms with Crippen LogP contribution in [0.3, 0.4) is 0 Å².